The van der Waals surface area contributed by atoms with Gasteiger partial charge in [-0.15, -0.1) is 13.2 Å². The molecule has 226 valence electrons. The molecule has 45 heavy (non-hydrogen) atoms. The van der Waals surface area contributed by atoms with E-state index < -0.39 is 27.0 Å². The van der Waals surface area contributed by atoms with Crippen molar-refractivity contribution in [2.24, 2.45) is 11.5 Å². The summed E-state index contributed by atoms with van der Waals surface area (Å²) in [7, 11) is -4.64. The Hall–Kier alpha value is -5.62. The fourth-order valence-electron chi connectivity index (χ4n) is 5.31. The van der Waals surface area contributed by atoms with E-state index in [4.69, 9.17) is 22.3 Å². The Morgan fingerprint density at radius 3 is 1.58 bits per heavy atom. The van der Waals surface area contributed by atoms with Crippen molar-refractivity contribution in [3.63, 3.8) is 0 Å². The van der Waals surface area contributed by atoms with Gasteiger partial charge in [-0.1, -0.05) is 60.7 Å². The van der Waals surface area contributed by atoms with Crippen LogP contribution >= 0.6 is 0 Å². The number of amidine groups is 2. The first-order chi connectivity index (χ1) is 21.3. The average molecular weight is 628 g/mol. The fourth-order valence-corrected chi connectivity index (χ4v) is 6.96. The first-order valence-electron chi connectivity index (χ1n) is 13.4. The Morgan fingerprint density at radius 1 is 0.644 bits per heavy atom. The van der Waals surface area contributed by atoms with Gasteiger partial charge in [0, 0.05) is 21.9 Å². The van der Waals surface area contributed by atoms with Gasteiger partial charge in [-0.2, -0.15) is 0 Å². The van der Waals surface area contributed by atoms with Crippen molar-refractivity contribution in [2.45, 2.75) is 11.3 Å². The molecule has 5 aromatic carbocycles. The molecular formula is C33H24F3N5O3S. The van der Waals surface area contributed by atoms with Crippen LogP contribution in [0.15, 0.2) is 114 Å². The second-order valence-corrected chi connectivity index (χ2v) is 12.0. The Balaban J connectivity index is 1.64. The van der Waals surface area contributed by atoms with E-state index in [9.17, 15) is 21.6 Å². The van der Waals surface area contributed by atoms with Gasteiger partial charge in [0.25, 0.3) is 10.0 Å². The summed E-state index contributed by atoms with van der Waals surface area (Å²) in [6, 6.07) is 28.8. The molecule has 0 saturated heterocycles. The number of halogens is 3. The maximum atomic E-state index is 14.2. The van der Waals surface area contributed by atoms with Crippen molar-refractivity contribution < 1.29 is 26.3 Å². The third-order valence-electron chi connectivity index (χ3n) is 7.33. The highest BCUT2D eigenvalue weighted by molar-refractivity contribution is 7.90. The maximum absolute atomic E-state index is 14.2. The van der Waals surface area contributed by atoms with E-state index in [1.165, 1.54) is 12.1 Å². The topological polar surface area (TPSA) is 148 Å². The molecule has 0 spiro atoms. The van der Waals surface area contributed by atoms with E-state index in [-0.39, 0.29) is 22.7 Å². The van der Waals surface area contributed by atoms with Crippen molar-refractivity contribution in [3.8, 4) is 28.0 Å². The molecule has 1 heterocycles. The van der Waals surface area contributed by atoms with Crippen LogP contribution in [0.1, 0.15) is 11.1 Å². The highest BCUT2D eigenvalue weighted by Gasteiger charge is 2.35. The van der Waals surface area contributed by atoms with Gasteiger partial charge in [0.1, 0.15) is 22.3 Å². The van der Waals surface area contributed by atoms with Gasteiger partial charge in [0.15, 0.2) is 0 Å². The van der Waals surface area contributed by atoms with E-state index in [0.29, 0.717) is 33.0 Å². The van der Waals surface area contributed by atoms with Crippen molar-refractivity contribution in [1.82, 2.24) is 3.97 Å². The number of ether oxygens (including phenoxy) is 1. The van der Waals surface area contributed by atoms with E-state index in [1.807, 2.05) is 12.1 Å². The van der Waals surface area contributed by atoms with Gasteiger partial charge in [0.05, 0.1) is 11.0 Å². The van der Waals surface area contributed by atoms with Gasteiger partial charge in [-0.3, -0.25) is 10.8 Å². The van der Waals surface area contributed by atoms with E-state index in [2.05, 4.69) is 4.74 Å². The summed E-state index contributed by atoms with van der Waals surface area (Å²) in [5, 5.41) is 16.6. The summed E-state index contributed by atoms with van der Waals surface area (Å²) in [4.78, 5) is -0.655. The smallest absolute Gasteiger partial charge is 0.404 e. The molecule has 0 saturated carbocycles. The monoisotopic (exact) mass is 627 g/mol. The summed E-state index contributed by atoms with van der Waals surface area (Å²) in [5.74, 6) is -1.08. The number of nitrogens with zero attached hydrogens (tertiary/aromatic N) is 1. The number of hydrogen-bond donors (Lipinski definition) is 4. The molecule has 0 aliphatic rings. The lowest BCUT2D eigenvalue weighted by atomic mass is 9.98. The molecule has 8 nitrogen and oxygen atoms in total. The number of aromatic nitrogens is 1. The Labute approximate surface area is 255 Å². The maximum Gasteiger partial charge on any atom is 0.573 e. The second-order valence-electron chi connectivity index (χ2n) is 10.2. The molecule has 6 N–H and O–H groups in total. The molecular weight excluding hydrogens is 603 g/mol. The number of nitrogens with one attached hydrogen (secondary N) is 2. The molecule has 0 aliphatic heterocycles. The predicted octanol–water partition coefficient (Wildman–Crippen LogP) is 6.83. The Morgan fingerprint density at radius 2 is 1.11 bits per heavy atom. The number of alkyl halides is 3. The minimum Gasteiger partial charge on any atom is -0.404 e. The second kappa shape index (κ2) is 10.8. The van der Waals surface area contributed by atoms with Gasteiger partial charge in [-0.05, 0) is 70.8 Å². The quantitative estimate of drug-likeness (QED) is 0.113. The van der Waals surface area contributed by atoms with Crippen molar-refractivity contribution in [3.05, 3.63) is 120 Å². The lowest BCUT2D eigenvalue weighted by Gasteiger charge is -2.15. The van der Waals surface area contributed by atoms with Crippen LogP contribution in [0, 0.1) is 10.8 Å². The summed E-state index contributed by atoms with van der Waals surface area (Å²) >= 11 is 0. The molecule has 0 fully saturated rings. The van der Waals surface area contributed by atoms with E-state index >= 15 is 0 Å². The number of benzene rings is 5. The van der Waals surface area contributed by atoms with Crippen LogP contribution in [0.2, 0.25) is 0 Å². The summed E-state index contributed by atoms with van der Waals surface area (Å²) in [6.45, 7) is 0. The van der Waals surface area contributed by atoms with Crippen molar-refractivity contribution >= 4 is 43.5 Å². The highest BCUT2D eigenvalue weighted by atomic mass is 32.2. The van der Waals surface area contributed by atoms with Gasteiger partial charge < -0.3 is 16.2 Å². The van der Waals surface area contributed by atoms with E-state index in [1.54, 1.807) is 72.8 Å². The molecule has 0 unspecified atom stereocenters. The molecule has 0 bridgehead atoms. The lowest BCUT2D eigenvalue weighted by Crippen LogP contribution is -2.20. The van der Waals surface area contributed by atoms with Crippen LogP contribution in [0.5, 0.6) is 5.75 Å². The van der Waals surface area contributed by atoms with E-state index in [0.717, 1.165) is 27.2 Å². The molecule has 6 aromatic rings. The number of nitrogens with two attached hydrogens (primary N) is 2. The van der Waals surface area contributed by atoms with Crippen LogP contribution in [-0.2, 0) is 10.0 Å². The minimum atomic E-state index is -5.11. The minimum absolute atomic E-state index is 0.113. The van der Waals surface area contributed by atoms with Gasteiger partial charge >= 0.3 is 6.36 Å². The molecule has 0 amide bonds. The normalized spacial score (nSPS) is 12.0. The number of hydrogen-bond acceptors (Lipinski definition) is 5. The molecule has 6 rings (SSSR count). The third-order valence-corrected chi connectivity index (χ3v) is 9.09. The van der Waals surface area contributed by atoms with Gasteiger partial charge in [0.2, 0.25) is 0 Å². The molecule has 0 atom stereocenters. The van der Waals surface area contributed by atoms with Crippen molar-refractivity contribution in [1.29, 1.82) is 10.8 Å². The van der Waals surface area contributed by atoms with Crippen LogP contribution in [0.25, 0.3) is 44.1 Å². The van der Waals surface area contributed by atoms with Crippen LogP contribution in [0.4, 0.5) is 13.2 Å². The lowest BCUT2D eigenvalue weighted by molar-refractivity contribution is -0.275. The number of nitrogen functional groups attached to an aromatic ring is 2. The standard InChI is InChI=1S/C33H24F3N5O3S/c34-33(35,36)44-29-9-1-2-10-30(29)45(42,43)41-27-13-11-21(19-5-3-7-23(15-19)31(37)38)17-25(27)26-18-22(12-14-28(26)41)20-6-4-8-24(16-20)32(39)40/h1-18H,(H3,37,38)(H3,39,40). The summed E-state index contributed by atoms with van der Waals surface area (Å²) in [5.41, 5.74) is 15.7. The first-order valence-corrected chi connectivity index (χ1v) is 14.9. The molecule has 0 aliphatic carbocycles. The fraction of sp³-hybridized carbons (Fsp3) is 0.0303. The average Bonchev–Trinajstić information content (AvgIpc) is 3.34. The molecule has 1 aromatic heterocycles. The Kier molecular flexibility index (Phi) is 7.09. The SMILES string of the molecule is N=C(N)c1cccc(-c2ccc3c(c2)c2cc(-c4cccc(C(=N)N)c4)ccc2n3S(=O)(=O)c2ccccc2OC(F)(F)F)c1. The first kappa shape index (κ1) is 29.5. The zero-order valence-corrected chi connectivity index (χ0v) is 24.1. The zero-order valence-electron chi connectivity index (χ0n) is 23.3. The van der Waals surface area contributed by atoms with Crippen LogP contribution in [-0.4, -0.2) is 30.4 Å². The Bertz CT molecular complexity index is 2160. The van der Waals surface area contributed by atoms with Crippen LogP contribution < -0.4 is 16.2 Å². The van der Waals surface area contributed by atoms with Crippen molar-refractivity contribution in [2.75, 3.05) is 0 Å². The summed E-state index contributed by atoms with van der Waals surface area (Å²) < 4.78 is 73.3. The number of rotatable bonds is 7. The largest absolute Gasteiger partial charge is 0.573 e. The third kappa shape index (κ3) is 5.47. The molecule has 0 radical (unpaired) electrons. The molecule has 12 heteroatoms. The van der Waals surface area contributed by atoms with Gasteiger partial charge in [-0.25, -0.2) is 12.4 Å². The zero-order chi connectivity index (χ0) is 32.1. The number of fused-ring (bicyclic) bond motifs is 3. The van der Waals surface area contributed by atoms with Crippen LogP contribution in [0.3, 0.4) is 0 Å². The summed E-state index contributed by atoms with van der Waals surface area (Å²) in [6.07, 6.45) is -5.11. The highest BCUT2D eigenvalue weighted by Crippen LogP contribution is 2.39. The predicted molar refractivity (Wildman–Crippen MR) is 168 cm³/mol. The number of para-hydroxylation sites is 1.